The van der Waals surface area contributed by atoms with Crippen LogP contribution in [0.1, 0.15) is 52.8 Å². The van der Waals surface area contributed by atoms with Gasteiger partial charge in [-0.25, -0.2) is 8.78 Å². The van der Waals surface area contributed by atoms with Crippen molar-refractivity contribution in [3.8, 4) is 0 Å². The Morgan fingerprint density at radius 2 is 1.46 bits per heavy atom. The summed E-state index contributed by atoms with van der Waals surface area (Å²) in [5.41, 5.74) is 1.91. The third-order valence-corrected chi connectivity index (χ3v) is 7.84. The van der Waals surface area contributed by atoms with Gasteiger partial charge in [0.25, 0.3) is 11.8 Å². The lowest BCUT2D eigenvalue weighted by molar-refractivity contribution is -0.122. The maximum absolute atomic E-state index is 13.7. The summed E-state index contributed by atoms with van der Waals surface area (Å²) in [4.78, 5) is 44.8. The van der Waals surface area contributed by atoms with Crippen molar-refractivity contribution in [2.24, 2.45) is 5.92 Å². The zero-order valence-corrected chi connectivity index (χ0v) is 22.1. The van der Waals surface area contributed by atoms with Gasteiger partial charge in [-0.05, 0) is 62.6 Å². The zero-order chi connectivity index (χ0) is 27.4. The zero-order valence-electron chi connectivity index (χ0n) is 22.1. The van der Waals surface area contributed by atoms with Gasteiger partial charge in [-0.3, -0.25) is 14.4 Å². The molecule has 0 radical (unpaired) electrons. The molecule has 10 heteroatoms. The number of hydrogen-bond donors (Lipinski definition) is 2. The first-order chi connectivity index (χ1) is 18.9. The molecular weight excluding hydrogens is 504 g/mol. The summed E-state index contributed by atoms with van der Waals surface area (Å²) in [6.07, 6.45) is 4.29. The highest BCUT2D eigenvalue weighted by Crippen LogP contribution is 2.32. The van der Waals surface area contributed by atoms with E-state index in [1.807, 2.05) is 11.0 Å². The normalized spacial score (nSPS) is 18.7. The van der Waals surface area contributed by atoms with Gasteiger partial charge >= 0.3 is 0 Å². The Kier molecular flexibility index (Phi) is 8.40. The first kappa shape index (κ1) is 27.1. The maximum atomic E-state index is 13.7. The number of halogens is 2. The topological polar surface area (TPSA) is 85.0 Å². The van der Waals surface area contributed by atoms with Crippen molar-refractivity contribution >= 4 is 29.1 Å². The maximum Gasteiger partial charge on any atom is 0.254 e. The molecule has 3 fully saturated rings. The summed E-state index contributed by atoms with van der Waals surface area (Å²) in [6, 6.07) is 8.31. The Morgan fingerprint density at radius 3 is 2.21 bits per heavy atom. The lowest BCUT2D eigenvalue weighted by Gasteiger charge is -2.29. The molecule has 1 aliphatic carbocycles. The van der Waals surface area contributed by atoms with Crippen molar-refractivity contribution in [3.05, 3.63) is 59.2 Å². The van der Waals surface area contributed by atoms with Gasteiger partial charge in [-0.2, -0.15) is 0 Å². The Labute approximate surface area is 227 Å². The highest BCUT2D eigenvalue weighted by atomic mass is 19.1. The smallest absolute Gasteiger partial charge is 0.254 e. The minimum atomic E-state index is -0.785. The molecule has 2 aromatic rings. The number of benzene rings is 2. The van der Waals surface area contributed by atoms with Gasteiger partial charge in [0.1, 0.15) is 11.6 Å². The van der Waals surface area contributed by atoms with E-state index in [4.69, 9.17) is 0 Å². The van der Waals surface area contributed by atoms with Crippen LogP contribution in [0.25, 0.3) is 0 Å². The molecule has 5 rings (SSSR count). The fourth-order valence-electron chi connectivity index (χ4n) is 5.40. The molecular formula is C29H35F2N5O3. The molecule has 2 heterocycles. The molecule has 2 N–H and O–H groups in total. The summed E-state index contributed by atoms with van der Waals surface area (Å²) in [5.74, 6) is -2.09. The van der Waals surface area contributed by atoms with Crippen LogP contribution in [-0.2, 0) is 4.79 Å². The standard InChI is InChI=1S/C29H35F2N5O3/c30-23-16-22(17-24(31)19-23)29(39)36-12-3-11-34(14-15-36)26-7-6-21(28(38)35-10-2-8-32-9-13-35)18-25(26)33-27(37)20-4-1-5-20/h6-7,16-20,32H,1-5,8-15H2,(H,33,37). The summed E-state index contributed by atoms with van der Waals surface area (Å²) < 4.78 is 27.4. The number of nitrogens with zero attached hydrogens (tertiary/aromatic N) is 3. The van der Waals surface area contributed by atoms with Crippen LogP contribution >= 0.6 is 0 Å². The summed E-state index contributed by atoms with van der Waals surface area (Å²) >= 11 is 0. The first-order valence-corrected chi connectivity index (χ1v) is 13.8. The average Bonchev–Trinajstić information content (AvgIpc) is 3.30. The molecule has 0 bridgehead atoms. The van der Waals surface area contributed by atoms with Gasteiger partial charge in [-0.1, -0.05) is 6.42 Å². The van der Waals surface area contributed by atoms with Gasteiger partial charge in [0.15, 0.2) is 0 Å². The summed E-state index contributed by atoms with van der Waals surface area (Å²) in [6.45, 7) is 4.84. The Hall–Kier alpha value is -3.53. The van der Waals surface area contributed by atoms with E-state index in [2.05, 4.69) is 15.5 Å². The summed E-state index contributed by atoms with van der Waals surface area (Å²) in [5, 5.41) is 6.39. The average molecular weight is 540 g/mol. The number of rotatable bonds is 5. The monoisotopic (exact) mass is 539 g/mol. The van der Waals surface area contributed by atoms with E-state index in [0.29, 0.717) is 56.9 Å². The highest BCUT2D eigenvalue weighted by Gasteiger charge is 2.28. The van der Waals surface area contributed by atoms with Gasteiger partial charge in [0, 0.05) is 68.9 Å². The minimum absolute atomic E-state index is 0.0130. The first-order valence-electron chi connectivity index (χ1n) is 13.8. The van der Waals surface area contributed by atoms with E-state index in [9.17, 15) is 23.2 Å². The molecule has 0 atom stereocenters. The second kappa shape index (κ2) is 12.1. The van der Waals surface area contributed by atoms with E-state index in [1.165, 1.54) is 0 Å². The summed E-state index contributed by atoms with van der Waals surface area (Å²) in [7, 11) is 0. The van der Waals surface area contributed by atoms with Gasteiger partial charge in [-0.15, -0.1) is 0 Å². The number of carbonyl (C=O) groups excluding carboxylic acids is 3. The van der Waals surface area contributed by atoms with Crippen molar-refractivity contribution in [2.75, 3.05) is 62.6 Å². The fourth-order valence-corrected chi connectivity index (χ4v) is 5.40. The molecule has 1 saturated carbocycles. The van der Waals surface area contributed by atoms with Crippen LogP contribution in [0.5, 0.6) is 0 Å². The van der Waals surface area contributed by atoms with Gasteiger partial charge in [0.2, 0.25) is 5.91 Å². The SMILES string of the molecule is O=C(Nc1cc(C(=O)N2CCCNCC2)ccc1N1CCCN(C(=O)c2cc(F)cc(F)c2)CC1)C1CCC1. The largest absolute Gasteiger partial charge is 0.368 e. The number of amides is 3. The quantitative estimate of drug-likeness (QED) is 0.608. The lowest BCUT2D eigenvalue weighted by atomic mass is 9.85. The third kappa shape index (κ3) is 6.38. The Balaban J connectivity index is 1.35. The molecule has 3 amide bonds. The molecule has 0 spiro atoms. The van der Waals surface area contributed by atoms with E-state index in [0.717, 1.165) is 62.7 Å². The second-order valence-corrected chi connectivity index (χ2v) is 10.5. The van der Waals surface area contributed by atoms with Crippen LogP contribution in [0.15, 0.2) is 36.4 Å². The molecule has 39 heavy (non-hydrogen) atoms. The number of anilines is 2. The van der Waals surface area contributed by atoms with Crippen molar-refractivity contribution < 1.29 is 23.2 Å². The van der Waals surface area contributed by atoms with Crippen LogP contribution in [0, 0.1) is 17.6 Å². The molecule has 2 saturated heterocycles. The van der Waals surface area contributed by atoms with Crippen LogP contribution < -0.4 is 15.5 Å². The molecule has 0 aromatic heterocycles. The Morgan fingerprint density at radius 1 is 0.744 bits per heavy atom. The van der Waals surface area contributed by atoms with E-state index < -0.39 is 17.5 Å². The minimum Gasteiger partial charge on any atom is -0.368 e. The predicted octanol–water partition coefficient (Wildman–Crippen LogP) is 3.49. The molecule has 2 aliphatic heterocycles. The van der Waals surface area contributed by atoms with Gasteiger partial charge < -0.3 is 25.3 Å². The van der Waals surface area contributed by atoms with Gasteiger partial charge in [0.05, 0.1) is 11.4 Å². The van der Waals surface area contributed by atoms with Crippen LogP contribution in [-0.4, -0.2) is 79.9 Å². The predicted molar refractivity (Wildman–Crippen MR) is 145 cm³/mol. The van der Waals surface area contributed by atoms with Crippen LogP contribution in [0.4, 0.5) is 20.2 Å². The molecule has 0 unspecified atom stereocenters. The van der Waals surface area contributed by atoms with Crippen molar-refractivity contribution in [1.82, 2.24) is 15.1 Å². The molecule has 3 aliphatic rings. The molecule has 208 valence electrons. The van der Waals surface area contributed by atoms with Crippen molar-refractivity contribution in [2.45, 2.75) is 32.1 Å². The molecule has 8 nitrogen and oxygen atoms in total. The number of carbonyl (C=O) groups is 3. The molecule has 2 aromatic carbocycles. The number of nitrogens with one attached hydrogen (secondary N) is 2. The fraction of sp³-hybridized carbons (Fsp3) is 0.483. The second-order valence-electron chi connectivity index (χ2n) is 10.5. The van der Waals surface area contributed by atoms with Crippen LogP contribution in [0.3, 0.4) is 0 Å². The van der Waals surface area contributed by atoms with E-state index in [1.54, 1.807) is 17.0 Å². The Bertz CT molecular complexity index is 1210. The van der Waals surface area contributed by atoms with Crippen LogP contribution in [0.2, 0.25) is 0 Å². The van der Waals surface area contributed by atoms with E-state index in [-0.39, 0.29) is 23.3 Å². The highest BCUT2D eigenvalue weighted by molar-refractivity contribution is 6.01. The third-order valence-electron chi connectivity index (χ3n) is 7.84. The number of hydrogen-bond acceptors (Lipinski definition) is 5. The van der Waals surface area contributed by atoms with E-state index >= 15 is 0 Å². The lowest BCUT2D eigenvalue weighted by Crippen LogP contribution is -2.36. The van der Waals surface area contributed by atoms with Crippen molar-refractivity contribution in [3.63, 3.8) is 0 Å². The van der Waals surface area contributed by atoms with Crippen molar-refractivity contribution in [1.29, 1.82) is 0 Å².